The van der Waals surface area contributed by atoms with Gasteiger partial charge in [-0.2, -0.15) is 4.98 Å². The lowest BCUT2D eigenvalue weighted by Crippen LogP contribution is -2.44. The lowest BCUT2D eigenvalue weighted by Gasteiger charge is -2.23. The van der Waals surface area contributed by atoms with E-state index in [4.69, 9.17) is 9.47 Å². The van der Waals surface area contributed by atoms with Crippen molar-refractivity contribution in [3.05, 3.63) is 58.6 Å². The van der Waals surface area contributed by atoms with Crippen LogP contribution >= 0.6 is 0 Å². The molecule has 13 heteroatoms. The number of benzene rings is 1. The third-order valence-electron chi connectivity index (χ3n) is 4.57. The SMILES string of the molecule is COC(=O)CN(CCNC(=O)OC(C)(C)C)C(=O)Cn1ccc(NC(=O)OCc2ccccc2)nc1=O. The van der Waals surface area contributed by atoms with Crippen LogP contribution in [0.15, 0.2) is 47.4 Å². The van der Waals surface area contributed by atoms with Gasteiger partial charge in [0.2, 0.25) is 5.91 Å². The van der Waals surface area contributed by atoms with E-state index in [1.807, 2.05) is 18.2 Å². The number of aromatic nitrogens is 2. The summed E-state index contributed by atoms with van der Waals surface area (Å²) < 4.78 is 15.8. The number of carbonyl (C=O) groups excluding carboxylic acids is 4. The third-order valence-corrected chi connectivity index (χ3v) is 4.57. The number of nitrogens with zero attached hydrogens (tertiary/aromatic N) is 3. The second-order valence-electron chi connectivity index (χ2n) is 8.73. The fourth-order valence-corrected chi connectivity index (χ4v) is 2.85. The summed E-state index contributed by atoms with van der Waals surface area (Å²) in [4.78, 5) is 65.6. The number of hydrogen-bond donors (Lipinski definition) is 2. The van der Waals surface area contributed by atoms with Gasteiger partial charge in [-0.05, 0) is 32.4 Å². The molecule has 0 spiro atoms. The topological polar surface area (TPSA) is 158 Å². The minimum atomic E-state index is -0.806. The highest BCUT2D eigenvalue weighted by molar-refractivity contribution is 5.83. The van der Waals surface area contributed by atoms with E-state index in [2.05, 4.69) is 20.4 Å². The predicted octanol–water partition coefficient (Wildman–Crippen LogP) is 1.52. The molecule has 0 bridgehead atoms. The Morgan fingerprint density at radius 1 is 1.05 bits per heavy atom. The van der Waals surface area contributed by atoms with Gasteiger partial charge in [0.1, 0.15) is 31.1 Å². The summed E-state index contributed by atoms with van der Waals surface area (Å²) >= 11 is 0. The number of nitrogens with one attached hydrogen (secondary N) is 2. The molecule has 0 aliphatic carbocycles. The highest BCUT2D eigenvalue weighted by Gasteiger charge is 2.20. The summed E-state index contributed by atoms with van der Waals surface area (Å²) in [5.41, 5.74) is -0.712. The molecule has 0 radical (unpaired) electrons. The summed E-state index contributed by atoms with van der Waals surface area (Å²) in [5, 5.41) is 4.85. The van der Waals surface area contributed by atoms with E-state index in [0.29, 0.717) is 0 Å². The average molecular weight is 518 g/mol. The quantitative estimate of drug-likeness (QED) is 0.352. The summed E-state index contributed by atoms with van der Waals surface area (Å²) in [6.45, 7) is 4.30. The van der Waals surface area contributed by atoms with Crippen molar-refractivity contribution in [1.29, 1.82) is 0 Å². The van der Waals surface area contributed by atoms with Crippen molar-refractivity contribution in [3.63, 3.8) is 0 Å². The van der Waals surface area contributed by atoms with Gasteiger partial charge in [-0.25, -0.2) is 14.4 Å². The molecule has 0 aliphatic rings. The number of alkyl carbamates (subject to hydrolysis) is 1. The highest BCUT2D eigenvalue weighted by atomic mass is 16.6. The van der Waals surface area contributed by atoms with Crippen LogP contribution < -0.4 is 16.3 Å². The first kappa shape index (κ1) is 28.8. The normalized spacial score (nSPS) is 10.7. The number of rotatable bonds is 10. The maximum atomic E-state index is 12.8. The average Bonchev–Trinajstić information content (AvgIpc) is 2.83. The Kier molecular flexibility index (Phi) is 10.6. The molecule has 0 saturated carbocycles. The number of ether oxygens (including phenoxy) is 3. The van der Waals surface area contributed by atoms with Crippen LogP contribution in [0, 0.1) is 0 Å². The van der Waals surface area contributed by atoms with Gasteiger partial charge in [0.15, 0.2) is 0 Å². The molecule has 1 aromatic heterocycles. The molecule has 200 valence electrons. The zero-order chi connectivity index (χ0) is 27.4. The van der Waals surface area contributed by atoms with Crippen LogP contribution in [0.2, 0.25) is 0 Å². The first-order chi connectivity index (χ1) is 17.5. The Balaban J connectivity index is 1.95. The molecule has 2 N–H and O–H groups in total. The maximum absolute atomic E-state index is 12.8. The Morgan fingerprint density at radius 3 is 2.38 bits per heavy atom. The molecule has 2 aromatic rings. The molecule has 0 unspecified atom stereocenters. The molecule has 0 saturated heterocycles. The van der Waals surface area contributed by atoms with Crippen LogP contribution in [0.1, 0.15) is 26.3 Å². The van der Waals surface area contributed by atoms with Gasteiger partial charge in [0.05, 0.1) is 7.11 Å². The maximum Gasteiger partial charge on any atom is 0.413 e. The van der Waals surface area contributed by atoms with Crippen molar-refractivity contribution in [2.75, 3.05) is 32.1 Å². The van der Waals surface area contributed by atoms with E-state index in [9.17, 15) is 24.0 Å². The largest absolute Gasteiger partial charge is 0.468 e. The number of amides is 3. The lowest BCUT2D eigenvalue weighted by molar-refractivity contribution is -0.147. The van der Waals surface area contributed by atoms with Gasteiger partial charge >= 0.3 is 23.8 Å². The van der Waals surface area contributed by atoms with Crippen LogP contribution in [0.5, 0.6) is 0 Å². The van der Waals surface area contributed by atoms with E-state index >= 15 is 0 Å². The molecule has 0 aliphatic heterocycles. The molecular weight excluding hydrogens is 486 g/mol. The Hall–Kier alpha value is -4.42. The second kappa shape index (κ2) is 13.6. The van der Waals surface area contributed by atoms with Gasteiger partial charge in [0.25, 0.3) is 0 Å². The zero-order valence-electron chi connectivity index (χ0n) is 21.2. The smallest absolute Gasteiger partial charge is 0.413 e. The van der Waals surface area contributed by atoms with Crippen molar-refractivity contribution in [3.8, 4) is 0 Å². The van der Waals surface area contributed by atoms with E-state index in [1.165, 1.54) is 19.4 Å². The summed E-state index contributed by atoms with van der Waals surface area (Å²) in [6.07, 6.45) is -0.204. The van der Waals surface area contributed by atoms with E-state index in [1.54, 1.807) is 32.9 Å². The van der Waals surface area contributed by atoms with Gasteiger partial charge in [-0.15, -0.1) is 0 Å². The van der Waals surface area contributed by atoms with Gasteiger partial charge in [0, 0.05) is 19.3 Å². The van der Waals surface area contributed by atoms with Crippen molar-refractivity contribution in [1.82, 2.24) is 19.8 Å². The standard InChI is InChI=1S/C24H31N5O8/c1-24(2,3)37-22(33)25-11-13-28(15-20(31)35-4)19(30)14-29-12-10-18(26-21(29)32)27-23(34)36-16-17-8-6-5-7-9-17/h5-10,12H,11,13-16H2,1-4H3,(H,25,33)(H,26,27,32,34). The van der Waals surface area contributed by atoms with Crippen molar-refractivity contribution >= 4 is 29.9 Å². The molecule has 1 heterocycles. The van der Waals surface area contributed by atoms with Gasteiger partial charge in [-0.3, -0.25) is 19.5 Å². The minimum absolute atomic E-state index is 0.00124. The van der Waals surface area contributed by atoms with Crippen LogP contribution in [0.3, 0.4) is 0 Å². The van der Waals surface area contributed by atoms with Crippen LogP contribution in [-0.4, -0.2) is 70.9 Å². The Labute approximate surface area is 213 Å². The molecule has 37 heavy (non-hydrogen) atoms. The lowest BCUT2D eigenvalue weighted by atomic mass is 10.2. The fraction of sp³-hybridized carbons (Fsp3) is 0.417. The van der Waals surface area contributed by atoms with Gasteiger partial charge in [-0.1, -0.05) is 30.3 Å². The molecule has 2 rings (SSSR count). The van der Waals surface area contributed by atoms with E-state index in [-0.39, 0.29) is 32.1 Å². The van der Waals surface area contributed by atoms with Crippen molar-refractivity contribution in [2.45, 2.75) is 39.5 Å². The van der Waals surface area contributed by atoms with Crippen LogP contribution in [-0.2, 0) is 37.0 Å². The Morgan fingerprint density at radius 2 is 1.76 bits per heavy atom. The number of methoxy groups -OCH3 is 1. The second-order valence-corrected chi connectivity index (χ2v) is 8.73. The van der Waals surface area contributed by atoms with E-state index in [0.717, 1.165) is 15.0 Å². The van der Waals surface area contributed by atoms with Crippen molar-refractivity contribution < 1.29 is 33.4 Å². The fourth-order valence-electron chi connectivity index (χ4n) is 2.85. The summed E-state index contributed by atoms with van der Waals surface area (Å²) in [6, 6.07) is 10.4. The van der Waals surface area contributed by atoms with Gasteiger partial charge < -0.3 is 24.4 Å². The molecular formula is C24H31N5O8. The van der Waals surface area contributed by atoms with Crippen LogP contribution in [0.25, 0.3) is 0 Å². The molecule has 13 nitrogen and oxygen atoms in total. The first-order valence-corrected chi connectivity index (χ1v) is 11.3. The third kappa shape index (κ3) is 10.8. The molecule has 0 atom stereocenters. The highest BCUT2D eigenvalue weighted by Crippen LogP contribution is 2.06. The molecule has 1 aromatic carbocycles. The monoisotopic (exact) mass is 517 g/mol. The number of esters is 1. The number of carbonyl (C=O) groups is 4. The summed E-state index contributed by atoms with van der Waals surface area (Å²) in [5.74, 6) is -1.33. The predicted molar refractivity (Wildman–Crippen MR) is 132 cm³/mol. The molecule has 0 fully saturated rings. The van der Waals surface area contributed by atoms with Crippen molar-refractivity contribution in [2.24, 2.45) is 0 Å². The molecule has 3 amide bonds. The Bertz CT molecular complexity index is 1140. The minimum Gasteiger partial charge on any atom is -0.468 e. The van der Waals surface area contributed by atoms with E-state index < -0.39 is 41.9 Å². The van der Waals surface area contributed by atoms with Crippen LogP contribution in [0.4, 0.5) is 15.4 Å². The first-order valence-electron chi connectivity index (χ1n) is 11.3. The number of hydrogen-bond acceptors (Lipinski definition) is 9. The summed E-state index contributed by atoms with van der Waals surface area (Å²) in [7, 11) is 1.18. The zero-order valence-corrected chi connectivity index (χ0v) is 21.2. The number of anilines is 1.